The van der Waals surface area contributed by atoms with Crippen LogP contribution in [0.2, 0.25) is 0 Å². The van der Waals surface area contributed by atoms with Crippen molar-refractivity contribution in [2.24, 2.45) is 5.92 Å². The van der Waals surface area contributed by atoms with E-state index in [0.717, 1.165) is 31.5 Å². The molecule has 1 aromatic rings. The number of carbonyl (C=O) groups is 2. The molecule has 0 aliphatic carbocycles. The van der Waals surface area contributed by atoms with E-state index < -0.39 is 0 Å². The highest BCUT2D eigenvalue weighted by atomic mass is 19.1. The Bertz CT molecular complexity index is 598. The standard InChI is InChI=1S/C19H28FN3O2/c1-4-23(13-15-6-5-7-17(20)12-15)18(24)14-22-10-8-16(9-11-22)19(25)21(2)3/h5-7,12,16H,4,8-11,13-14H2,1-3H3. The first kappa shape index (κ1) is 19.4. The number of benzene rings is 1. The smallest absolute Gasteiger partial charge is 0.237 e. The van der Waals surface area contributed by atoms with Crippen molar-refractivity contribution < 1.29 is 14.0 Å². The molecule has 138 valence electrons. The van der Waals surface area contributed by atoms with Crippen molar-refractivity contribution in [2.75, 3.05) is 40.3 Å². The summed E-state index contributed by atoms with van der Waals surface area (Å²) in [7, 11) is 3.56. The second-order valence-electron chi connectivity index (χ2n) is 6.82. The van der Waals surface area contributed by atoms with Crippen molar-refractivity contribution in [3.8, 4) is 0 Å². The summed E-state index contributed by atoms with van der Waals surface area (Å²) >= 11 is 0. The Morgan fingerprint density at radius 3 is 2.48 bits per heavy atom. The molecule has 0 unspecified atom stereocenters. The number of likely N-dealkylation sites (tertiary alicyclic amines) is 1. The number of hydrogen-bond donors (Lipinski definition) is 0. The van der Waals surface area contributed by atoms with E-state index in [2.05, 4.69) is 4.90 Å². The average molecular weight is 349 g/mol. The van der Waals surface area contributed by atoms with Gasteiger partial charge in [-0.25, -0.2) is 4.39 Å². The number of halogens is 1. The lowest BCUT2D eigenvalue weighted by Gasteiger charge is -2.33. The minimum atomic E-state index is -0.284. The molecule has 1 saturated heterocycles. The summed E-state index contributed by atoms with van der Waals surface area (Å²) in [5.74, 6) is 0.000899. The molecule has 1 heterocycles. The van der Waals surface area contributed by atoms with Crippen LogP contribution in [0, 0.1) is 11.7 Å². The van der Waals surface area contributed by atoms with E-state index in [4.69, 9.17) is 0 Å². The summed E-state index contributed by atoms with van der Waals surface area (Å²) in [4.78, 5) is 30.1. The van der Waals surface area contributed by atoms with Crippen LogP contribution in [-0.4, -0.2) is 66.8 Å². The summed E-state index contributed by atoms with van der Waals surface area (Å²) in [6, 6.07) is 6.36. The van der Waals surface area contributed by atoms with Gasteiger partial charge >= 0.3 is 0 Å². The lowest BCUT2D eigenvalue weighted by molar-refractivity contribution is -0.135. The predicted molar refractivity (Wildman–Crippen MR) is 95.3 cm³/mol. The minimum absolute atomic E-state index is 0.0455. The number of nitrogens with zero attached hydrogens (tertiary/aromatic N) is 3. The van der Waals surface area contributed by atoms with Gasteiger partial charge in [-0.05, 0) is 50.6 Å². The molecule has 1 aromatic carbocycles. The second kappa shape index (κ2) is 8.94. The normalized spacial score (nSPS) is 15.8. The van der Waals surface area contributed by atoms with Crippen LogP contribution >= 0.6 is 0 Å². The molecule has 5 nitrogen and oxygen atoms in total. The number of carbonyl (C=O) groups excluding carboxylic acids is 2. The summed E-state index contributed by atoms with van der Waals surface area (Å²) in [6.07, 6.45) is 1.58. The third-order valence-corrected chi connectivity index (χ3v) is 4.73. The molecule has 0 radical (unpaired) electrons. The molecule has 2 rings (SSSR count). The SMILES string of the molecule is CCN(Cc1cccc(F)c1)C(=O)CN1CCC(C(=O)N(C)C)CC1. The van der Waals surface area contributed by atoms with E-state index in [9.17, 15) is 14.0 Å². The molecule has 1 aliphatic heterocycles. The zero-order valence-electron chi connectivity index (χ0n) is 15.4. The van der Waals surface area contributed by atoms with Crippen LogP contribution in [0.25, 0.3) is 0 Å². The van der Waals surface area contributed by atoms with Crippen molar-refractivity contribution in [1.82, 2.24) is 14.7 Å². The largest absolute Gasteiger partial charge is 0.349 e. The van der Waals surface area contributed by atoms with E-state index in [1.165, 1.54) is 12.1 Å². The minimum Gasteiger partial charge on any atom is -0.349 e. The quantitative estimate of drug-likeness (QED) is 0.789. The predicted octanol–water partition coefficient (Wildman–Crippen LogP) is 1.97. The molecule has 2 amide bonds. The van der Waals surface area contributed by atoms with Crippen molar-refractivity contribution >= 4 is 11.8 Å². The molecule has 25 heavy (non-hydrogen) atoms. The number of amides is 2. The third kappa shape index (κ3) is 5.53. The zero-order valence-corrected chi connectivity index (χ0v) is 15.4. The van der Waals surface area contributed by atoms with Gasteiger partial charge in [0.15, 0.2) is 0 Å². The molecule has 6 heteroatoms. The third-order valence-electron chi connectivity index (χ3n) is 4.73. The van der Waals surface area contributed by atoms with Gasteiger partial charge in [0, 0.05) is 33.1 Å². The van der Waals surface area contributed by atoms with E-state index in [-0.39, 0.29) is 23.5 Å². The van der Waals surface area contributed by atoms with Crippen LogP contribution in [0.5, 0.6) is 0 Å². The van der Waals surface area contributed by atoms with Gasteiger partial charge in [0.1, 0.15) is 5.82 Å². The maximum absolute atomic E-state index is 13.3. The van der Waals surface area contributed by atoms with Gasteiger partial charge < -0.3 is 9.80 Å². The number of piperidine rings is 1. The van der Waals surface area contributed by atoms with Crippen molar-refractivity contribution in [3.05, 3.63) is 35.6 Å². The lowest BCUT2D eigenvalue weighted by Crippen LogP contribution is -2.45. The highest BCUT2D eigenvalue weighted by Crippen LogP contribution is 2.19. The topological polar surface area (TPSA) is 43.9 Å². The fourth-order valence-electron chi connectivity index (χ4n) is 3.23. The van der Waals surface area contributed by atoms with E-state index in [1.807, 2.05) is 13.0 Å². The molecule has 0 aromatic heterocycles. The van der Waals surface area contributed by atoms with Crippen molar-refractivity contribution in [1.29, 1.82) is 0 Å². The van der Waals surface area contributed by atoms with Gasteiger partial charge in [0.05, 0.1) is 6.54 Å². The van der Waals surface area contributed by atoms with Crippen LogP contribution in [0.1, 0.15) is 25.3 Å². The Kier molecular flexibility index (Phi) is 6.93. The van der Waals surface area contributed by atoms with Gasteiger partial charge in [-0.15, -0.1) is 0 Å². The Labute approximate surface area is 149 Å². The van der Waals surface area contributed by atoms with Crippen molar-refractivity contribution in [3.63, 3.8) is 0 Å². The first-order valence-electron chi connectivity index (χ1n) is 8.86. The molecule has 0 spiro atoms. The Balaban J connectivity index is 1.85. The first-order valence-corrected chi connectivity index (χ1v) is 8.86. The van der Waals surface area contributed by atoms with E-state index >= 15 is 0 Å². The zero-order chi connectivity index (χ0) is 18.4. The second-order valence-corrected chi connectivity index (χ2v) is 6.82. The van der Waals surface area contributed by atoms with Crippen molar-refractivity contribution in [2.45, 2.75) is 26.3 Å². The Morgan fingerprint density at radius 2 is 1.92 bits per heavy atom. The van der Waals surface area contributed by atoms with Gasteiger partial charge in [0.25, 0.3) is 0 Å². The number of hydrogen-bond acceptors (Lipinski definition) is 3. The molecule has 0 bridgehead atoms. The molecular weight excluding hydrogens is 321 g/mol. The molecule has 1 aliphatic rings. The summed E-state index contributed by atoms with van der Waals surface area (Å²) < 4.78 is 13.3. The molecule has 1 fully saturated rings. The molecule has 0 N–H and O–H groups in total. The van der Waals surface area contributed by atoms with Crippen LogP contribution < -0.4 is 0 Å². The number of likely N-dealkylation sites (N-methyl/N-ethyl adjacent to an activating group) is 1. The van der Waals surface area contributed by atoms with Gasteiger partial charge in [-0.2, -0.15) is 0 Å². The summed E-state index contributed by atoms with van der Waals surface area (Å²) in [5, 5.41) is 0. The van der Waals surface area contributed by atoms with Gasteiger partial charge in [-0.1, -0.05) is 12.1 Å². The first-order chi connectivity index (χ1) is 11.9. The Hall–Kier alpha value is -1.95. The average Bonchev–Trinajstić information content (AvgIpc) is 2.59. The fraction of sp³-hybridized carbons (Fsp3) is 0.579. The highest BCUT2D eigenvalue weighted by Gasteiger charge is 2.27. The maximum Gasteiger partial charge on any atom is 0.237 e. The van der Waals surface area contributed by atoms with Crippen LogP contribution in [-0.2, 0) is 16.1 Å². The summed E-state index contributed by atoms with van der Waals surface area (Å²) in [6.45, 7) is 4.81. The highest BCUT2D eigenvalue weighted by molar-refractivity contribution is 5.79. The Morgan fingerprint density at radius 1 is 1.24 bits per heavy atom. The van der Waals surface area contributed by atoms with Crippen LogP contribution in [0.15, 0.2) is 24.3 Å². The maximum atomic E-state index is 13.3. The number of rotatable bonds is 6. The molecule has 0 atom stereocenters. The monoisotopic (exact) mass is 349 g/mol. The van der Waals surface area contributed by atoms with Gasteiger partial charge in [0.2, 0.25) is 11.8 Å². The van der Waals surface area contributed by atoms with Crippen LogP contribution in [0.3, 0.4) is 0 Å². The van der Waals surface area contributed by atoms with Gasteiger partial charge in [-0.3, -0.25) is 14.5 Å². The summed E-state index contributed by atoms with van der Waals surface area (Å²) in [5.41, 5.74) is 0.797. The van der Waals surface area contributed by atoms with E-state index in [1.54, 1.807) is 30.0 Å². The van der Waals surface area contributed by atoms with E-state index in [0.29, 0.717) is 19.6 Å². The molecule has 0 saturated carbocycles. The van der Waals surface area contributed by atoms with Crippen LogP contribution in [0.4, 0.5) is 4.39 Å². The fourth-order valence-corrected chi connectivity index (χ4v) is 3.23. The lowest BCUT2D eigenvalue weighted by atomic mass is 9.95. The molecular formula is C19H28FN3O2.